The van der Waals surface area contributed by atoms with Crippen LogP contribution < -0.4 is 5.32 Å². The predicted molar refractivity (Wildman–Crippen MR) is 145 cm³/mol. The molecule has 0 bridgehead atoms. The molecule has 2 fully saturated rings. The van der Waals surface area contributed by atoms with Crippen LogP contribution in [-0.2, 0) is 13.1 Å². The summed E-state index contributed by atoms with van der Waals surface area (Å²) in [6, 6.07) is 10.3. The second-order valence-corrected chi connectivity index (χ2v) is 10.3. The topological polar surface area (TPSA) is 90.0 Å². The van der Waals surface area contributed by atoms with Crippen LogP contribution in [-0.4, -0.2) is 62.1 Å². The highest BCUT2D eigenvalue weighted by atomic mass is 16.1. The summed E-state index contributed by atoms with van der Waals surface area (Å²) in [6.07, 6.45) is 13.8. The Kier molecular flexibility index (Phi) is 6.92. The van der Waals surface area contributed by atoms with Crippen molar-refractivity contribution in [3.05, 3.63) is 71.9 Å². The molecule has 8 nitrogen and oxygen atoms in total. The van der Waals surface area contributed by atoms with Crippen LogP contribution in [0.4, 0.5) is 5.69 Å². The van der Waals surface area contributed by atoms with Crippen LogP contribution in [0.2, 0.25) is 0 Å². The van der Waals surface area contributed by atoms with Gasteiger partial charge in [0.2, 0.25) is 0 Å². The third-order valence-electron chi connectivity index (χ3n) is 7.42. The van der Waals surface area contributed by atoms with Gasteiger partial charge in [-0.1, -0.05) is 12.5 Å². The summed E-state index contributed by atoms with van der Waals surface area (Å²) in [5, 5.41) is 11.1. The summed E-state index contributed by atoms with van der Waals surface area (Å²) in [6.45, 7) is 6.33. The number of hydrogen-bond acceptors (Lipinski definition) is 6. The molecule has 2 N–H and O–H groups in total. The van der Waals surface area contributed by atoms with Crippen molar-refractivity contribution < 1.29 is 4.79 Å². The quantitative estimate of drug-likeness (QED) is 0.381. The minimum absolute atomic E-state index is 0.250. The van der Waals surface area contributed by atoms with Gasteiger partial charge in [0.15, 0.2) is 5.69 Å². The number of anilines is 1. The van der Waals surface area contributed by atoms with Crippen LogP contribution in [0.25, 0.3) is 22.0 Å². The van der Waals surface area contributed by atoms with Crippen molar-refractivity contribution in [1.29, 1.82) is 0 Å². The Labute approximate surface area is 217 Å². The number of carbonyl (C=O) groups is 1. The van der Waals surface area contributed by atoms with E-state index in [0.29, 0.717) is 11.4 Å². The lowest BCUT2D eigenvalue weighted by molar-refractivity contribution is 0.102. The summed E-state index contributed by atoms with van der Waals surface area (Å²) in [4.78, 5) is 27.0. The molecule has 0 unspecified atom stereocenters. The molecule has 1 aromatic carbocycles. The molecule has 0 spiro atoms. The Hall–Kier alpha value is -3.62. The van der Waals surface area contributed by atoms with Crippen molar-refractivity contribution in [1.82, 2.24) is 30.0 Å². The maximum atomic E-state index is 13.2. The van der Waals surface area contributed by atoms with Crippen LogP contribution in [0.5, 0.6) is 0 Å². The van der Waals surface area contributed by atoms with E-state index in [0.717, 1.165) is 66.9 Å². The number of aromatic amines is 1. The first-order valence-corrected chi connectivity index (χ1v) is 13.3. The van der Waals surface area contributed by atoms with Gasteiger partial charge < -0.3 is 5.32 Å². The van der Waals surface area contributed by atoms with E-state index in [-0.39, 0.29) is 5.91 Å². The first-order valence-electron chi connectivity index (χ1n) is 13.3. The Morgan fingerprint density at radius 2 is 1.46 bits per heavy atom. The van der Waals surface area contributed by atoms with Crippen molar-refractivity contribution in [2.45, 2.75) is 45.2 Å². The van der Waals surface area contributed by atoms with Gasteiger partial charge in [-0.25, -0.2) is 0 Å². The van der Waals surface area contributed by atoms with Gasteiger partial charge in [0.25, 0.3) is 5.91 Å². The fraction of sp³-hybridized carbons (Fsp3) is 0.379. The number of fused-ring (bicyclic) bond motifs is 1. The summed E-state index contributed by atoms with van der Waals surface area (Å²) in [7, 11) is 0. The second-order valence-electron chi connectivity index (χ2n) is 10.3. The second kappa shape index (κ2) is 10.8. The van der Waals surface area contributed by atoms with Crippen molar-refractivity contribution in [3.63, 3.8) is 0 Å². The standard InChI is InChI=1S/C29H33N7O/c37-29(32-25-13-22(16-31-18-25)20-36-10-4-5-11-36)28-26-14-23(6-7-27(26)33-34-28)24-12-21(15-30-17-24)19-35-8-2-1-3-9-35/h6-7,12-18H,1-5,8-11,19-20H2,(H,32,37)(H,33,34). The van der Waals surface area contributed by atoms with E-state index in [1.165, 1.54) is 37.7 Å². The van der Waals surface area contributed by atoms with E-state index in [1.54, 1.807) is 6.20 Å². The lowest BCUT2D eigenvalue weighted by Crippen LogP contribution is -2.29. The van der Waals surface area contributed by atoms with Crippen LogP contribution in [0.15, 0.2) is 55.1 Å². The maximum absolute atomic E-state index is 13.2. The minimum atomic E-state index is -0.250. The molecule has 190 valence electrons. The number of benzene rings is 1. The molecular weight excluding hydrogens is 462 g/mol. The average Bonchev–Trinajstić information content (AvgIpc) is 3.59. The Bertz CT molecular complexity index is 1390. The molecule has 8 heteroatoms. The molecule has 2 aliphatic rings. The Balaban J connectivity index is 1.20. The molecule has 37 heavy (non-hydrogen) atoms. The van der Waals surface area contributed by atoms with E-state index in [2.05, 4.69) is 47.4 Å². The first kappa shape index (κ1) is 23.8. The third-order valence-corrected chi connectivity index (χ3v) is 7.42. The molecule has 4 aromatic rings. The van der Waals surface area contributed by atoms with Crippen LogP contribution in [0.1, 0.15) is 53.7 Å². The van der Waals surface area contributed by atoms with E-state index < -0.39 is 0 Å². The number of aromatic nitrogens is 4. The van der Waals surface area contributed by atoms with Crippen molar-refractivity contribution in [2.75, 3.05) is 31.5 Å². The lowest BCUT2D eigenvalue weighted by atomic mass is 10.0. The normalized spacial score (nSPS) is 16.9. The highest BCUT2D eigenvalue weighted by molar-refractivity contribution is 6.11. The van der Waals surface area contributed by atoms with E-state index >= 15 is 0 Å². The molecule has 6 rings (SSSR count). The average molecular weight is 496 g/mol. The van der Waals surface area contributed by atoms with Gasteiger partial charge in [0.1, 0.15) is 0 Å². The van der Waals surface area contributed by atoms with Crippen LogP contribution >= 0.6 is 0 Å². The molecule has 2 aliphatic heterocycles. The van der Waals surface area contributed by atoms with Gasteiger partial charge in [-0.2, -0.15) is 5.10 Å². The highest BCUT2D eigenvalue weighted by Gasteiger charge is 2.17. The summed E-state index contributed by atoms with van der Waals surface area (Å²) in [5.74, 6) is -0.250. The first-order chi connectivity index (χ1) is 18.2. The van der Waals surface area contributed by atoms with E-state index in [1.807, 2.05) is 36.8 Å². The van der Waals surface area contributed by atoms with E-state index in [9.17, 15) is 4.79 Å². The molecule has 0 saturated carbocycles. The zero-order chi connectivity index (χ0) is 25.0. The monoisotopic (exact) mass is 495 g/mol. The number of likely N-dealkylation sites (tertiary alicyclic amines) is 2. The number of amides is 1. The molecule has 5 heterocycles. The minimum Gasteiger partial charge on any atom is -0.319 e. The fourth-order valence-corrected chi connectivity index (χ4v) is 5.51. The van der Waals surface area contributed by atoms with Gasteiger partial charge in [-0.05, 0) is 92.8 Å². The van der Waals surface area contributed by atoms with Gasteiger partial charge in [-0.15, -0.1) is 0 Å². The summed E-state index contributed by atoms with van der Waals surface area (Å²) < 4.78 is 0. The number of hydrogen-bond donors (Lipinski definition) is 2. The number of pyridine rings is 2. The molecule has 0 atom stereocenters. The Morgan fingerprint density at radius 1 is 0.784 bits per heavy atom. The van der Waals surface area contributed by atoms with Gasteiger partial charge in [-0.3, -0.25) is 29.7 Å². The number of nitrogens with one attached hydrogen (secondary N) is 2. The summed E-state index contributed by atoms with van der Waals surface area (Å²) in [5.41, 5.74) is 6.26. The number of nitrogens with zero attached hydrogens (tertiary/aromatic N) is 5. The van der Waals surface area contributed by atoms with Gasteiger partial charge >= 0.3 is 0 Å². The fourth-order valence-electron chi connectivity index (χ4n) is 5.51. The lowest BCUT2D eigenvalue weighted by Gasteiger charge is -2.26. The van der Waals surface area contributed by atoms with Gasteiger partial charge in [0.05, 0.1) is 17.4 Å². The maximum Gasteiger partial charge on any atom is 0.276 e. The van der Waals surface area contributed by atoms with E-state index in [4.69, 9.17) is 0 Å². The number of carbonyl (C=O) groups excluding carboxylic acids is 1. The smallest absolute Gasteiger partial charge is 0.276 e. The molecule has 1 amide bonds. The number of piperidine rings is 1. The molecule has 0 aliphatic carbocycles. The number of H-pyrrole nitrogens is 1. The zero-order valence-corrected chi connectivity index (χ0v) is 21.1. The highest BCUT2D eigenvalue weighted by Crippen LogP contribution is 2.27. The molecular formula is C29H33N7O. The predicted octanol–water partition coefficient (Wildman–Crippen LogP) is 4.85. The van der Waals surface area contributed by atoms with Gasteiger partial charge in [0, 0.05) is 42.6 Å². The summed E-state index contributed by atoms with van der Waals surface area (Å²) >= 11 is 0. The van der Waals surface area contributed by atoms with Crippen molar-refractivity contribution in [3.8, 4) is 11.1 Å². The van der Waals surface area contributed by atoms with Crippen molar-refractivity contribution >= 4 is 22.5 Å². The Morgan fingerprint density at radius 3 is 2.22 bits per heavy atom. The van der Waals surface area contributed by atoms with Crippen LogP contribution in [0.3, 0.4) is 0 Å². The molecule has 0 radical (unpaired) electrons. The third kappa shape index (κ3) is 5.55. The van der Waals surface area contributed by atoms with Crippen LogP contribution in [0, 0.1) is 0 Å². The van der Waals surface area contributed by atoms with Crippen molar-refractivity contribution in [2.24, 2.45) is 0 Å². The SMILES string of the molecule is O=C(Nc1cncc(CN2CCCC2)c1)c1n[nH]c2ccc(-c3cncc(CN4CCCCC4)c3)cc12. The largest absolute Gasteiger partial charge is 0.319 e. The number of rotatable bonds is 7. The molecule has 3 aromatic heterocycles. The molecule has 2 saturated heterocycles. The zero-order valence-electron chi connectivity index (χ0n) is 21.1.